The van der Waals surface area contributed by atoms with Crippen molar-refractivity contribution in [3.63, 3.8) is 0 Å². The predicted molar refractivity (Wildman–Crippen MR) is 87.9 cm³/mol. The highest BCUT2D eigenvalue weighted by molar-refractivity contribution is 6.31. The van der Waals surface area contributed by atoms with Crippen molar-refractivity contribution in [2.45, 2.75) is 27.2 Å². The number of hydrogen-bond acceptors (Lipinski definition) is 2. The van der Waals surface area contributed by atoms with Gasteiger partial charge in [0.2, 0.25) is 0 Å². The molecule has 0 radical (unpaired) electrons. The van der Waals surface area contributed by atoms with Crippen molar-refractivity contribution in [1.29, 1.82) is 0 Å². The summed E-state index contributed by atoms with van der Waals surface area (Å²) in [5.41, 5.74) is 5.36. The highest BCUT2D eigenvalue weighted by Crippen LogP contribution is 2.19. The molecule has 0 aliphatic heterocycles. The van der Waals surface area contributed by atoms with Gasteiger partial charge in [-0.3, -0.25) is 9.98 Å². The van der Waals surface area contributed by atoms with Gasteiger partial charge in [-0.25, -0.2) is 0 Å². The van der Waals surface area contributed by atoms with Crippen molar-refractivity contribution >= 4 is 23.3 Å². The van der Waals surface area contributed by atoms with Crippen molar-refractivity contribution < 1.29 is 0 Å². The summed E-state index contributed by atoms with van der Waals surface area (Å²) in [6.07, 6.45) is 2.73. The Hall–Kier alpha value is -2.22. The fourth-order valence-electron chi connectivity index (χ4n) is 1.90. The first-order valence-electron chi connectivity index (χ1n) is 6.93. The largest absolute Gasteiger partial charge is 0.255 e. The monoisotopic (exact) mass is 264 g/mol. The average molecular weight is 264 g/mol. The Kier molecular flexibility index (Phi) is 4.83. The van der Waals surface area contributed by atoms with Crippen molar-refractivity contribution in [2.75, 3.05) is 0 Å². The van der Waals surface area contributed by atoms with Gasteiger partial charge in [0, 0.05) is 6.21 Å². The van der Waals surface area contributed by atoms with E-state index in [0.717, 1.165) is 23.5 Å². The van der Waals surface area contributed by atoms with Crippen LogP contribution in [0.4, 0.5) is 11.4 Å². The SMILES string of the molecule is CCC(C=Nc1ccccc1C)=Nc1ccccc1C. The maximum absolute atomic E-state index is 4.69. The molecular weight excluding hydrogens is 244 g/mol. The molecule has 0 N–H and O–H groups in total. The summed E-state index contributed by atoms with van der Waals surface area (Å²) in [4.78, 5) is 9.24. The van der Waals surface area contributed by atoms with Gasteiger partial charge in [-0.1, -0.05) is 43.3 Å². The van der Waals surface area contributed by atoms with E-state index < -0.39 is 0 Å². The van der Waals surface area contributed by atoms with E-state index >= 15 is 0 Å². The highest BCUT2D eigenvalue weighted by atomic mass is 14.8. The molecule has 2 rings (SSSR count). The van der Waals surface area contributed by atoms with Gasteiger partial charge >= 0.3 is 0 Å². The van der Waals surface area contributed by atoms with Gasteiger partial charge in [-0.05, 0) is 43.5 Å². The lowest BCUT2D eigenvalue weighted by atomic mass is 10.2. The maximum atomic E-state index is 4.69. The maximum Gasteiger partial charge on any atom is 0.0662 e. The molecule has 0 heterocycles. The molecule has 2 aromatic carbocycles. The second kappa shape index (κ2) is 6.80. The van der Waals surface area contributed by atoms with Crippen LogP contribution >= 0.6 is 0 Å². The quantitative estimate of drug-likeness (QED) is 0.679. The molecule has 0 amide bonds. The normalized spacial score (nSPS) is 12.1. The Bertz CT molecular complexity index is 639. The van der Waals surface area contributed by atoms with Gasteiger partial charge in [0.1, 0.15) is 0 Å². The highest BCUT2D eigenvalue weighted by Gasteiger charge is 1.98. The molecule has 0 aliphatic rings. The average Bonchev–Trinajstić information content (AvgIpc) is 2.47. The molecule has 20 heavy (non-hydrogen) atoms. The zero-order chi connectivity index (χ0) is 14.4. The number of benzene rings is 2. The lowest BCUT2D eigenvalue weighted by Gasteiger charge is -2.02. The minimum absolute atomic E-state index is 0.865. The topological polar surface area (TPSA) is 24.7 Å². The zero-order valence-electron chi connectivity index (χ0n) is 12.3. The summed E-state index contributed by atoms with van der Waals surface area (Å²) >= 11 is 0. The van der Waals surface area contributed by atoms with Gasteiger partial charge in [0.05, 0.1) is 17.1 Å². The van der Waals surface area contributed by atoms with Gasteiger partial charge in [0.15, 0.2) is 0 Å². The number of para-hydroxylation sites is 2. The van der Waals surface area contributed by atoms with E-state index in [1.807, 2.05) is 42.6 Å². The number of nitrogens with zero attached hydrogens (tertiary/aromatic N) is 2. The van der Waals surface area contributed by atoms with Gasteiger partial charge < -0.3 is 0 Å². The lowest BCUT2D eigenvalue weighted by Crippen LogP contribution is -1.97. The molecule has 0 atom stereocenters. The van der Waals surface area contributed by atoms with Crippen LogP contribution in [0.3, 0.4) is 0 Å². The van der Waals surface area contributed by atoms with Crippen LogP contribution in [-0.4, -0.2) is 11.9 Å². The number of hydrogen-bond donors (Lipinski definition) is 0. The molecule has 0 fully saturated rings. The molecule has 0 bridgehead atoms. The third-order valence-electron chi connectivity index (χ3n) is 3.21. The summed E-state index contributed by atoms with van der Waals surface area (Å²) < 4.78 is 0. The van der Waals surface area contributed by atoms with Crippen LogP contribution in [0.2, 0.25) is 0 Å². The number of aryl methyl sites for hydroxylation is 2. The molecule has 0 spiro atoms. The molecule has 2 aromatic rings. The van der Waals surface area contributed by atoms with Crippen molar-refractivity contribution in [3.8, 4) is 0 Å². The van der Waals surface area contributed by atoms with E-state index in [1.54, 1.807) is 0 Å². The minimum atomic E-state index is 0.865. The van der Waals surface area contributed by atoms with E-state index in [2.05, 4.69) is 42.9 Å². The van der Waals surface area contributed by atoms with Crippen LogP contribution < -0.4 is 0 Å². The summed E-state index contributed by atoms with van der Waals surface area (Å²) in [7, 11) is 0. The van der Waals surface area contributed by atoms with Crippen LogP contribution in [0.15, 0.2) is 58.5 Å². The van der Waals surface area contributed by atoms with Crippen molar-refractivity contribution in [2.24, 2.45) is 9.98 Å². The van der Waals surface area contributed by atoms with Gasteiger partial charge in [-0.15, -0.1) is 0 Å². The smallest absolute Gasteiger partial charge is 0.0662 e. The third-order valence-corrected chi connectivity index (χ3v) is 3.21. The molecule has 0 saturated carbocycles. The molecular formula is C18H20N2. The zero-order valence-corrected chi connectivity index (χ0v) is 12.3. The minimum Gasteiger partial charge on any atom is -0.255 e. The Balaban J connectivity index is 2.26. The Morgan fingerprint density at radius 3 is 2.00 bits per heavy atom. The Labute approximate surface area is 120 Å². The molecule has 0 saturated heterocycles. The summed E-state index contributed by atoms with van der Waals surface area (Å²) in [6.45, 7) is 6.24. The lowest BCUT2D eigenvalue weighted by molar-refractivity contribution is 1.28. The summed E-state index contributed by atoms with van der Waals surface area (Å²) in [5.74, 6) is 0. The van der Waals surface area contributed by atoms with Crippen LogP contribution in [0.1, 0.15) is 24.5 Å². The van der Waals surface area contributed by atoms with E-state index in [4.69, 9.17) is 0 Å². The van der Waals surface area contributed by atoms with Crippen LogP contribution in [0.25, 0.3) is 0 Å². The fraction of sp³-hybridized carbons (Fsp3) is 0.222. The Morgan fingerprint density at radius 2 is 1.45 bits per heavy atom. The fourth-order valence-corrected chi connectivity index (χ4v) is 1.90. The molecule has 2 nitrogen and oxygen atoms in total. The van der Waals surface area contributed by atoms with Crippen molar-refractivity contribution in [1.82, 2.24) is 0 Å². The molecule has 2 heteroatoms. The molecule has 0 unspecified atom stereocenters. The number of aliphatic imine (C=N–C) groups is 2. The first-order chi connectivity index (χ1) is 9.70. The van der Waals surface area contributed by atoms with Gasteiger partial charge in [-0.2, -0.15) is 0 Å². The van der Waals surface area contributed by atoms with Crippen LogP contribution in [-0.2, 0) is 0 Å². The Morgan fingerprint density at radius 1 is 0.900 bits per heavy atom. The third kappa shape index (κ3) is 3.64. The summed E-state index contributed by atoms with van der Waals surface area (Å²) in [5, 5.41) is 0. The molecule has 0 aliphatic carbocycles. The van der Waals surface area contributed by atoms with E-state index in [1.165, 1.54) is 11.1 Å². The second-order valence-corrected chi connectivity index (χ2v) is 4.79. The molecule has 0 aromatic heterocycles. The van der Waals surface area contributed by atoms with Crippen LogP contribution in [0, 0.1) is 13.8 Å². The first-order valence-corrected chi connectivity index (χ1v) is 6.93. The van der Waals surface area contributed by atoms with E-state index in [-0.39, 0.29) is 0 Å². The van der Waals surface area contributed by atoms with E-state index in [9.17, 15) is 0 Å². The standard InChI is InChI=1S/C18H20N2/c1-4-16(20-18-12-8-6-10-15(18)3)13-19-17-11-7-5-9-14(17)2/h5-13H,4H2,1-3H3. The summed E-state index contributed by atoms with van der Waals surface area (Å²) in [6, 6.07) is 16.3. The predicted octanol–water partition coefficient (Wildman–Crippen LogP) is 5.19. The second-order valence-electron chi connectivity index (χ2n) is 4.79. The number of rotatable bonds is 4. The van der Waals surface area contributed by atoms with Gasteiger partial charge in [0.25, 0.3) is 0 Å². The van der Waals surface area contributed by atoms with Crippen LogP contribution in [0.5, 0.6) is 0 Å². The van der Waals surface area contributed by atoms with E-state index in [0.29, 0.717) is 0 Å². The first kappa shape index (κ1) is 14.2. The molecule has 102 valence electrons. The van der Waals surface area contributed by atoms with Crippen molar-refractivity contribution in [3.05, 3.63) is 59.7 Å².